The topological polar surface area (TPSA) is 95.9 Å². The van der Waals surface area contributed by atoms with Gasteiger partial charge in [0, 0.05) is 0 Å². The van der Waals surface area contributed by atoms with E-state index in [0.717, 1.165) is 5.56 Å². The summed E-state index contributed by atoms with van der Waals surface area (Å²) in [7, 11) is 0. The van der Waals surface area contributed by atoms with Gasteiger partial charge in [-0.2, -0.15) is 0 Å². The number of carboxylic acids is 1. The Labute approximate surface area is 116 Å². The van der Waals surface area contributed by atoms with Crippen LogP contribution in [0.2, 0.25) is 0 Å². The van der Waals surface area contributed by atoms with Crippen LogP contribution in [0.3, 0.4) is 0 Å². The fourth-order valence-corrected chi connectivity index (χ4v) is 1.80. The van der Waals surface area contributed by atoms with Crippen LogP contribution in [0.25, 0.3) is 0 Å². The third-order valence-electron chi connectivity index (χ3n) is 3.31. The first-order valence-corrected chi connectivity index (χ1v) is 6.36. The highest BCUT2D eigenvalue weighted by Crippen LogP contribution is 2.35. The Morgan fingerprint density at radius 2 is 2.05 bits per heavy atom. The monoisotopic (exact) mass is 279 g/mol. The zero-order valence-corrected chi connectivity index (χ0v) is 11.1. The second-order valence-corrected chi connectivity index (χ2v) is 4.97. The van der Waals surface area contributed by atoms with E-state index < -0.39 is 23.5 Å². The molecule has 0 heterocycles. The van der Waals surface area contributed by atoms with Gasteiger partial charge in [-0.1, -0.05) is 18.2 Å². The third kappa shape index (κ3) is 3.08. The molecule has 1 aromatic rings. The van der Waals surface area contributed by atoms with Gasteiger partial charge in [-0.05, 0) is 31.4 Å². The molecule has 1 aliphatic rings. The molecular formula is C14H17NO5. The minimum absolute atomic E-state index is 0.216. The first kappa shape index (κ1) is 14.3. The van der Waals surface area contributed by atoms with Crippen molar-refractivity contribution in [2.75, 3.05) is 6.61 Å². The molecule has 0 unspecified atom stereocenters. The maximum Gasteiger partial charge on any atom is 0.329 e. The summed E-state index contributed by atoms with van der Waals surface area (Å²) in [6.07, 6.45) is -0.620. The molecule has 3 N–H and O–H groups in total. The molecule has 0 radical (unpaired) electrons. The number of para-hydroxylation sites is 1. The summed E-state index contributed by atoms with van der Waals surface area (Å²) in [4.78, 5) is 22.6. The van der Waals surface area contributed by atoms with Crippen molar-refractivity contribution in [2.45, 2.75) is 31.4 Å². The smallest absolute Gasteiger partial charge is 0.329 e. The van der Waals surface area contributed by atoms with Crippen LogP contribution in [0.4, 0.5) is 0 Å². The van der Waals surface area contributed by atoms with Gasteiger partial charge in [0.1, 0.15) is 17.9 Å². The fraction of sp³-hybridized carbons (Fsp3) is 0.429. The summed E-state index contributed by atoms with van der Waals surface area (Å²) in [5.41, 5.74) is -0.301. The maximum absolute atomic E-state index is 11.7. The number of carboxylic acid groups (broad SMARTS) is 1. The highest BCUT2D eigenvalue weighted by molar-refractivity contribution is 5.91. The number of amides is 1. The molecule has 0 spiro atoms. The molecule has 6 heteroatoms. The molecule has 1 saturated carbocycles. The second kappa shape index (κ2) is 5.50. The van der Waals surface area contributed by atoms with Gasteiger partial charge in [0.15, 0.2) is 6.10 Å². The maximum atomic E-state index is 11.7. The number of hydrogen-bond acceptors (Lipinski definition) is 4. The lowest BCUT2D eigenvalue weighted by Gasteiger charge is -2.17. The molecule has 1 aromatic carbocycles. The number of aryl methyl sites for hydroxylation is 1. The Hall–Kier alpha value is -2.08. The molecule has 1 fully saturated rings. The predicted molar refractivity (Wildman–Crippen MR) is 70.4 cm³/mol. The van der Waals surface area contributed by atoms with E-state index in [2.05, 4.69) is 5.32 Å². The number of benzene rings is 1. The van der Waals surface area contributed by atoms with Crippen molar-refractivity contribution in [3.05, 3.63) is 29.8 Å². The summed E-state index contributed by atoms with van der Waals surface area (Å²) in [6.45, 7) is 1.64. The van der Waals surface area contributed by atoms with Crippen molar-refractivity contribution in [2.24, 2.45) is 0 Å². The average molecular weight is 279 g/mol. The first-order valence-electron chi connectivity index (χ1n) is 6.36. The number of hydrogen-bond donors (Lipinski definition) is 3. The number of carbonyl (C=O) groups is 2. The van der Waals surface area contributed by atoms with Crippen LogP contribution in [0, 0.1) is 6.92 Å². The van der Waals surface area contributed by atoms with E-state index in [1.165, 1.54) is 0 Å². The summed E-state index contributed by atoms with van der Waals surface area (Å²) >= 11 is 0. The third-order valence-corrected chi connectivity index (χ3v) is 3.31. The molecule has 0 saturated heterocycles. The van der Waals surface area contributed by atoms with Crippen LogP contribution >= 0.6 is 0 Å². The van der Waals surface area contributed by atoms with Gasteiger partial charge in [-0.25, -0.2) is 4.79 Å². The van der Waals surface area contributed by atoms with Crippen molar-refractivity contribution < 1.29 is 24.5 Å². The molecule has 1 amide bonds. The van der Waals surface area contributed by atoms with Crippen molar-refractivity contribution in [3.8, 4) is 5.75 Å². The normalized spacial score (nSPS) is 17.1. The van der Waals surface area contributed by atoms with Crippen LogP contribution in [0.15, 0.2) is 24.3 Å². The van der Waals surface area contributed by atoms with E-state index in [9.17, 15) is 14.7 Å². The number of carbonyl (C=O) groups excluding carboxylic acids is 1. The van der Waals surface area contributed by atoms with E-state index in [1.807, 2.05) is 19.1 Å². The van der Waals surface area contributed by atoms with Crippen LogP contribution in [0.5, 0.6) is 5.75 Å². The van der Waals surface area contributed by atoms with Gasteiger partial charge in [0.25, 0.3) is 5.91 Å². The second-order valence-electron chi connectivity index (χ2n) is 4.97. The Morgan fingerprint density at radius 3 is 2.60 bits per heavy atom. The van der Waals surface area contributed by atoms with Crippen LogP contribution in [-0.2, 0) is 9.59 Å². The Kier molecular flexibility index (Phi) is 3.94. The van der Waals surface area contributed by atoms with Crippen LogP contribution in [-0.4, -0.2) is 40.3 Å². The lowest BCUT2D eigenvalue weighted by molar-refractivity contribution is -0.145. The van der Waals surface area contributed by atoms with E-state index in [1.54, 1.807) is 12.1 Å². The highest BCUT2D eigenvalue weighted by atomic mass is 16.5. The largest absolute Gasteiger partial charge is 0.490 e. The lowest BCUT2D eigenvalue weighted by atomic mass is 10.2. The highest BCUT2D eigenvalue weighted by Gasteiger charge is 2.52. The minimum Gasteiger partial charge on any atom is -0.490 e. The molecule has 0 bridgehead atoms. The number of rotatable bonds is 6. The molecule has 0 aliphatic heterocycles. The first-order chi connectivity index (χ1) is 9.44. The van der Waals surface area contributed by atoms with E-state index >= 15 is 0 Å². The van der Waals surface area contributed by atoms with Crippen LogP contribution in [0.1, 0.15) is 18.4 Å². The summed E-state index contributed by atoms with van der Waals surface area (Å²) in [6, 6.07) is 7.23. The zero-order chi connectivity index (χ0) is 14.8. The number of aliphatic hydroxyl groups is 1. The molecule has 20 heavy (non-hydrogen) atoms. The van der Waals surface area contributed by atoms with Gasteiger partial charge in [-0.15, -0.1) is 0 Å². The van der Waals surface area contributed by atoms with Crippen LogP contribution < -0.4 is 10.1 Å². The molecular weight excluding hydrogens is 262 g/mol. The summed E-state index contributed by atoms with van der Waals surface area (Å²) in [5.74, 6) is -1.21. The van der Waals surface area contributed by atoms with Gasteiger partial charge in [0.05, 0.1) is 0 Å². The molecule has 0 aromatic heterocycles. The van der Waals surface area contributed by atoms with Crippen molar-refractivity contribution >= 4 is 11.9 Å². The van der Waals surface area contributed by atoms with Gasteiger partial charge < -0.3 is 20.3 Å². The van der Waals surface area contributed by atoms with Crippen molar-refractivity contribution in [3.63, 3.8) is 0 Å². The standard InChI is InChI=1S/C14H17NO5/c1-9-4-2-3-5-11(9)20-8-10(16)12(17)15-14(6-7-14)13(18)19/h2-5,10,16H,6-8H2,1H3,(H,15,17)(H,18,19)/t10-/m1/s1. The van der Waals surface area contributed by atoms with Gasteiger partial charge >= 0.3 is 5.97 Å². The number of aliphatic carboxylic acids is 1. The van der Waals surface area contributed by atoms with Gasteiger partial charge in [0.2, 0.25) is 0 Å². The van der Waals surface area contributed by atoms with E-state index in [-0.39, 0.29) is 6.61 Å². The van der Waals surface area contributed by atoms with Crippen molar-refractivity contribution in [1.82, 2.24) is 5.32 Å². The van der Waals surface area contributed by atoms with Gasteiger partial charge in [-0.3, -0.25) is 4.79 Å². The quantitative estimate of drug-likeness (QED) is 0.703. The van der Waals surface area contributed by atoms with E-state index in [4.69, 9.17) is 9.84 Å². The zero-order valence-electron chi connectivity index (χ0n) is 11.1. The number of ether oxygens (including phenoxy) is 1. The average Bonchev–Trinajstić information content (AvgIpc) is 3.18. The Balaban J connectivity index is 1.86. The number of nitrogens with one attached hydrogen (secondary N) is 1. The molecule has 6 nitrogen and oxygen atoms in total. The minimum atomic E-state index is -1.40. The Bertz CT molecular complexity index is 524. The fourth-order valence-electron chi connectivity index (χ4n) is 1.80. The SMILES string of the molecule is Cc1ccccc1OC[C@@H](O)C(=O)NC1(C(=O)O)CC1. The molecule has 2 rings (SSSR count). The number of aliphatic hydroxyl groups excluding tert-OH is 1. The Morgan fingerprint density at radius 1 is 1.40 bits per heavy atom. The predicted octanol–water partition coefficient (Wildman–Crippen LogP) is 0.468. The molecule has 1 aliphatic carbocycles. The lowest BCUT2D eigenvalue weighted by Crippen LogP contribution is -2.48. The molecule has 1 atom stereocenters. The van der Waals surface area contributed by atoms with E-state index in [0.29, 0.717) is 18.6 Å². The summed E-state index contributed by atoms with van der Waals surface area (Å²) in [5, 5.41) is 21.0. The summed E-state index contributed by atoms with van der Waals surface area (Å²) < 4.78 is 5.36. The molecule has 108 valence electrons. The van der Waals surface area contributed by atoms with Crippen molar-refractivity contribution in [1.29, 1.82) is 0 Å².